The summed E-state index contributed by atoms with van der Waals surface area (Å²) in [6, 6.07) is 26.1. The number of nitrogens with zero attached hydrogens (tertiary/aromatic N) is 1. The Morgan fingerprint density at radius 1 is 1.00 bits per heavy atom. The Bertz CT molecular complexity index is 1010. The summed E-state index contributed by atoms with van der Waals surface area (Å²) in [6.45, 7) is -0.323. The number of benzene rings is 3. The van der Waals surface area contributed by atoms with Crippen molar-refractivity contribution >= 4 is 12.2 Å². The largest absolute Gasteiger partial charge is 0.482 e. The van der Waals surface area contributed by atoms with Crippen LogP contribution in [0.4, 0.5) is 0 Å². The second-order valence-electron chi connectivity index (χ2n) is 8.05. The van der Waals surface area contributed by atoms with E-state index in [0.717, 1.165) is 36.8 Å². The van der Waals surface area contributed by atoms with Gasteiger partial charge in [-0.15, -0.1) is 0 Å². The highest BCUT2D eigenvalue weighted by atomic mass is 16.6. The first kappa shape index (κ1) is 21.6. The van der Waals surface area contributed by atoms with Crippen LogP contribution in [0.25, 0.3) is 0 Å². The van der Waals surface area contributed by atoms with Crippen molar-refractivity contribution in [1.29, 1.82) is 0 Å². The van der Waals surface area contributed by atoms with Gasteiger partial charge in [0.2, 0.25) is 0 Å². The molecule has 0 bridgehead atoms. The number of fused-ring (bicyclic) bond motifs is 1. The van der Waals surface area contributed by atoms with Crippen molar-refractivity contribution in [2.75, 3.05) is 6.61 Å². The van der Waals surface area contributed by atoms with Gasteiger partial charge in [0.15, 0.2) is 12.7 Å². The summed E-state index contributed by atoms with van der Waals surface area (Å²) in [5.41, 5.74) is 4.67. The van der Waals surface area contributed by atoms with Gasteiger partial charge in [-0.05, 0) is 66.0 Å². The van der Waals surface area contributed by atoms with Gasteiger partial charge in [-0.3, -0.25) is 0 Å². The molecule has 1 atom stereocenters. The lowest BCUT2D eigenvalue weighted by Crippen LogP contribution is -2.15. The zero-order valence-corrected chi connectivity index (χ0v) is 17.9. The van der Waals surface area contributed by atoms with Crippen LogP contribution in [0.2, 0.25) is 0 Å². The topological polar surface area (TPSA) is 68.1 Å². The molecule has 0 fully saturated rings. The van der Waals surface area contributed by atoms with E-state index in [0.29, 0.717) is 11.7 Å². The molecule has 0 spiro atoms. The van der Waals surface area contributed by atoms with E-state index in [9.17, 15) is 4.79 Å². The molecule has 0 saturated carbocycles. The Labute approximate surface area is 188 Å². The minimum Gasteiger partial charge on any atom is -0.482 e. The Morgan fingerprint density at radius 3 is 2.34 bits per heavy atom. The van der Waals surface area contributed by atoms with Crippen molar-refractivity contribution in [3.63, 3.8) is 0 Å². The SMILES string of the molecule is O=C(O)COc1ccc2c(c1)CC(C/C=N\OC(c1ccccc1)c1ccccc1)CC2. The molecule has 0 radical (unpaired) electrons. The van der Waals surface area contributed by atoms with Gasteiger partial charge >= 0.3 is 5.97 Å². The fourth-order valence-electron chi connectivity index (χ4n) is 4.11. The third-order valence-corrected chi connectivity index (χ3v) is 5.75. The lowest BCUT2D eigenvalue weighted by Gasteiger charge is -2.24. The number of rotatable bonds is 9. The average molecular weight is 430 g/mol. The van der Waals surface area contributed by atoms with E-state index < -0.39 is 5.97 Å². The second kappa shape index (κ2) is 10.6. The Hall–Kier alpha value is -3.60. The number of aliphatic carboxylic acids is 1. The molecule has 0 amide bonds. The molecule has 5 nitrogen and oxygen atoms in total. The molecule has 0 aliphatic heterocycles. The fourth-order valence-corrected chi connectivity index (χ4v) is 4.11. The summed E-state index contributed by atoms with van der Waals surface area (Å²) in [4.78, 5) is 16.7. The number of hydrogen-bond acceptors (Lipinski definition) is 4. The summed E-state index contributed by atoms with van der Waals surface area (Å²) in [5.74, 6) is 0.106. The first-order valence-corrected chi connectivity index (χ1v) is 10.9. The van der Waals surface area contributed by atoms with E-state index in [2.05, 4.69) is 29.4 Å². The van der Waals surface area contributed by atoms with Gasteiger partial charge in [0, 0.05) is 6.21 Å². The van der Waals surface area contributed by atoms with E-state index in [-0.39, 0.29) is 12.7 Å². The van der Waals surface area contributed by atoms with Gasteiger partial charge in [-0.2, -0.15) is 0 Å². The number of carbonyl (C=O) groups is 1. The van der Waals surface area contributed by atoms with E-state index in [4.69, 9.17) is 14.7 Å². The average Bonchev–Trinajstić information content (AvgIpc) is 2.83. The Balaban J connectivity index is 1.36. The van der Waals surface area contributed by atoms with Gasteiger partial charge in [0.05, 0.1) is 0 Å². The highest BCUT2D eigenvalue weighted by Crippen LogP contribution is 2.30. The summed E-state index contributed by atoms with van der Waals surface area (Å²) in [6.07, 6.45) is 5.48. The van der Waals surface area contributed by atoms with Crippen molar-refractivity contribution in [3.05, 3.63) is 101 Å². The number of carboxylic acids is 1. The lowest BCUT2D eigenvalue weighted by atomic mass is 9.82. The zero-order valence-electron chi connectivity index (χ0n) is 17.9. The summed E-state index contributed by atoms with van der Waals surface area (Å²) >= 11 is 0. The third-order valence-electron chi connectivity index (χ3n) is 5.75. The highest BCUT2D eigenvalue weighted by Gasteiger charge is 2.19. The van der Waals surface area contributed by atoms with Crippen LogP contribution >= 0.6 is 0 Å². The normalized spacial score (nSPS) is 15.5. The van der Waals surface area contributed by atoms with Gasteiger partial charge in [-0.25, -0.2) is 4.79 Å². The number of carboxylic acid groups (broad SMARTS) is 1. The van der Waals surface area contributed by atoms with Crippen molar-refractivity contribution in [1.82, 2.24) is 0 Å². The molecule has 1 aliphatic rings. The minimum atomic E-state index is -0.971. The zero-order chi connectivity index (χ0) is 22.2. The molecule has 3 aromatic carbocycles. The molecule has 164 valence electrons. The molecule has 1 N–H and O–H groups in total. The monoisotopic (exact) mass is 429 g/mol. The molecule has 1 unspecified atom stereocenters. The maximum absolute atomic E-state index is 10.7. The minimum absolute atomic E-state index is 0.241. The van der Waals surface area contributed by atoms with E-state index in [1.807, 2.05) is 60.8 Å². The summed E-state index contributed by atoms with van der Waals surface area (Å²) in [5, 5.41) is 13.1. The van der Waals surface area contributed by atoms with Gasteiger partial charge in [0.25, 0.3) is 0 Å². The van der Waals surface area contributed by atoms with Crippen LogP contribution in [0.5, 0.6) is 5.75 Å². The standard InChI is InChI=1S/C27H27NO4/c29-26(30)19-31-25-14-13-21-12-11-20(17-24(21)18-25)15-16-28-32-27(22-7-3-1-4-8-22)23-9-5-2-6-10-23/h1-10,13-14,16,18,20,27H,11-12,15,17,19H2,(H,29,30)/b28-16-. The van der Waals surface area contributed by atoms with E-state index in [1.165, 1.54) is 11.1 Å². The predicted octanol–water partition coefficient (Wildman–Crippen LogP) is 5.44. The second-order valence-corrected chi connectivity index (χ2v) is 8.05. The molecule has 0 saturated heterocycles. The van der Waals surface area contributed by atoms with Crippen LogP contribution < -0.4 is 4.74 Å². The smallest absolute Gasteiger partial charge is 0.341 e. The van der Waals surface area contributed by atoms with Crippen molar-refractivity contribution < 1.29 is 19.5 Å². The van der Waals surface area contributed by atoms with Crippen LogP contribution in [0, 0.1) is 5.92 Å². The maximum atomic E-state index is 10.7. The van der Waals surface area contributed by atoms with E-state index >= 15 is 0 Å². The summed E-state index contributed by atoms with van der Waals surface area (Å²) < 4.78 is 5.33. The number of hydrogen-bond donors (Lipinski definition) is 1. The van der Waals surface area contributed by atoms with Crippen molar-refractivity contribution in [2.24, 2.45) is 11.1 Å². The summed E-state index contributed by atoms with van der Waals surface area (Å²) in [7, 11) is 0. The molecule has 0 aromatic heterocycles. The van der Waals surface area contributed by atoms with Gasteiger partial charge < -0.3 is 14.7 Å². The molecular formula is C27H27NO4. The van der Waals surface area contributed by atoms with Crippen LogP contribution in [-0.4, -0.2) is 23.9 Å². The molecule has 1 aliphatic carbocycles. The maximum Gasteiger partial charge on any atom is 0.341 e. The van der Waals surface area contributed by atoms with Gasteiger partial charge in [-0.1, -0.05) is 71.9 Å². The molecule has 0 heterocycles. The van der Waals surface area contributed by atoms with Crippen LogP contribution in [0.15, 0.2) is 84.0 Å². The molecule has 3 aromatic rings. The Kier molecular flexibility index (Phi) is 7.18. The van der Waals surface area contributed by atoms with Crippen molar-refractivity contribution in [3.8, 4) is 5.75 Å². The van der Waals surface area contributed by atoms with Crippen LogP contribution in [-0.2, 0) is 22.5 Å². The number of oxime groups is 1. The van der Waals surface area contributed by atoms with Crippen LogP contribution in [0.3, 0.4) is 0 Å². The first-order valence-electron chi connectivity index (χ1n) is 10.9. The third kappa shape index (κ3) is 5.76. The molecule has 32 heavy (non-hydrogen) atoms. The Morgan fingerprint density at radius 2 is 1.69 bits per heavy atom. The van der Waals surface area contributed by atoms with Crippen LogP contribution in [0.1, 0.15) is 41.2 Å². The number of ether oxygens (including phenoxy) is 1. The first-order chi connectivity index (χ1) is 15.7. The van der Waals surface area contributed by atoms with Gasteiger partial charge in [0.1, 0.15) is 5.75 Å². The fraction of sp³-hybridized carbons (Fsp3) is 0.259. The lowest BCUT2D eigenvalue weighted by molar-refractivity contribution is -0.139. The molecular weight excluding hydrogens is 402 g/mol. The quantitative estimate of drug-likeness (QED) is 0.363. The predicted molar refractivity (Wildman–Crippen MR) is 124 cm³/mol. The highest BCUT2D eigenvalue weighted by molar-refractivity contribution is 5.68. The number of aryl methyl sites for hydroxylation is 1. The molecule has 5 heteroatoms. The van der Waals surface area contributed by atoms with Crippen molar-refractivity contribution in [2.45, 2.75) is 31.8 Å². The molecule has 4 rings (SSSR count). The van der Waals surface area contributed by atoms with E-state index in [1.54, 1.807) is 0 Å².